The van der Waals surface area contributed by atoms with Crippen molar-refractivity contribution in [2.75, 3.05) is 7.05 Å². The zero-order chi connectivity index (χ0) is 14.2. The van der Waals surface area contributed by atoms with Crippen molar-refractivity contribution in [1.82, 2.24) is 5.32 Å². The molecule has 2 rings (SSSR count). The van der Waals surface area contributed by atoms with Crippen molar-refractivity contribution in [3.05, 3.63) is 35.1 Å². The molecule has 0 fully saturated rings. The van der Waals surface area contributed by atoms with Crippen LogP contribution in [0.4, 0.5) is 0 Å². The molecule has 2 heteroatoms. The Kier molecular flexibility index (Phi) is 4.00. The van der Waals surface area contributed by atoms with Crippen LogP contribution in [-0.4, -0.2) is 7.05 Å². The number of fused-ring (bicyclic) bond motifs is 1. The number of hydrogen-bond donors (Lipinski definition) is 1. The smallest absolute Gasteiger partial charge is 0.137 e. The molecule has 0 bridgehead atoms. The molecule has 1 N–H and O–H groups in total. The lowest BCUT2D eigenvalue weighted by atomic mass is 9.96. The van der Waals surface area contributed by atoms with Gasteiger partial charge in [-0.05, 0) is 43.0 Å². The summed E-state index contributed by atoms with van der Waals surface area (Å²) < 4.78 is 6.14. The molecule has 0 radical (unpaired) electrons. The largest absolute Gasteiger partial charge is 0.459 e. The van der Waals surface area contributed by atoms with E-state index in [0.29, 0.717) is 11.8 Å². The third-order valence-corrected chi connectivity index (χ3v) is 3.84. The lowest BCUT2D eigenvalue weighted by Gasteiger charge is -2.17. The average molecular weight is 259 g/mol. The maximum absolute atomic E-state index is 6.14. The zero-order valence-corrected chi connectivity index (χ0v) is 12.9. The summed E-state index contributed by atoms with van der Waals surface area (Å²) in [5.74, 6) is 2.07. The molecule has 0 spiro atoms. The molecule has 1 atom stereocenters. The Morgan fingerprint density at radius 2 is 1.79 bits per heavy atom. The lowest BCUT2D eigenvalue weighted by Crippen LogP contribution is -2.20. The topological polar surface area (TPSA) is 25.2 Å². The minimum Gasteiger partial charge on any atom is -0.459 e. The van der Waals surface area contributed by atoms with Gasteiger partial charge >= 0.3 is 0 Å². The van der Waals surface area contributed by atoms with E-state index >= 15 is 0 Å². The fourth-order valence-corrected chi connectivity index (χ4v) is 2.76. The van der Waals surface area contributed by atoms with Gasteiger partial charge in [0.15, 0.2) is 0 Å². The van der Waals surface area contributed by atoms with Crippen LogP contribution in [0.5, 0.6) is 0 Å². The van der Waals surface area contributed by atoms with Crippen molar-refractivity contribution in [3.8, 4) is 0 Å². The third kappa shape index (κ3) is 2.55. The first kappa shape index (κ1) is 14.1. The quantitative estimate of drug-likeness (QED) is 0.854. The predicted octanol–water partition coefficient (Wildman–Crippen LogP) is 4.78. The van der Waals surface area contributed by atoms with Gasteiger partial charge < -0.3 is 9.73 Å². The molecule has 0 saturated heterocycles. The van der Waals surface area contributed by atoms with E-state index in [4.69, 9.17) is 4.42 Å². The lowest BCUT2D eigenvalue weighted by molar-refractivity contribution is 0.370. The first-order valence-corrected chi connectivity index (χ1v) is 7.16. The van der Waals surface area contributed by atoms with Crippen LogP contribution in [0.2, 0.25) is 0 Å². The number of furan rings is 1. The van der Waals surface area contributed by atoms with E-state index in [-0.39, 0.29) is 6.04 Å². The highest BCUT2D eigenvalue weighted by atomic mass is 16.3. The third-order valence-electron chi connectivity index (χ3n) is 3.84. The molecule has 1 aromatic heterocycles. The molecular formula is C17H25NO. The standard InChI is InChI=1S/C17H25NO/c1-10(2)13-8-7-12(5)17-14(13)9-15(19-17)16(18-6)11(3)4/h7-11,16,18H,1-6H3. The SMILES string of the molecule is CNC(c1cc2c(C(C)C)ccc(C)c2o1)C(C)C. The summed E-state index contributed by atoms with van der Waals surface area (Å²) in [7, 11) is 1.99. The van der Waals surface area contributed by atoms with Gasteiger partial charge in [0, 0.05) is 5.39 Å². The number of rotatable bonds is 4. The number of benzene rings is 1. The summed E-state index contributed by atoms with van der Waals surface area (Å²) in [5, 5.41) is 4.62. The fraction of sp³-hybridized carbons (Fsp3) is 0.529. The maximum atomic E-state index is 6.14. The van der Waals surface area contributed by atoms with Gasteiger partial charge in [-0.15, -0.1) is 0 Å². The van der Waals surface area contributed by atoms with Crippen molar-refractivity contribution in [2.45, 2.75) is 46.6 Å². The van der Waals surface area contributed by atoms with Gasteiger partial charge in [-0.1, -0.05) is 39.8 Å². The maximum Gasteiger partial charge on any atom is 0.137 e. The highest BCUT2D eigenvalue weighted by Crippen LogP contribution is 2.34. The molecule has 0 aliphatic heterocycles. The minimum absolute atomic E-state index is 0.270. The van der Waals surface area contributed by atoms with Crippen molar-refractivity contribution in [3.63, 3.8) is 0 Å². The highest BCUT2D eigenvalue weighted by Gasteiger charge is 2.20. The van der Waals surface area contributed by atoms with Gasteiger partial charge in [0.25, 0.3) is 0 Å². The molecule has 19 heavy (non-hydrogen) atoms. The summed E-state index contributed by atoms with van der Waals surface area (Å²) in [6, 6.07) is 6.88. The van der Waals surface area contributed by atoms with E-state index in [1.165, 1.54) is 16.5 Å². The summed E-state index contributed by atoms with van der Waals surface area (Å²) in [6.45, 7) is 11.0. The van der Waals surface area contributed by atoms with Crippen LogP contribution in [0.1, 0.15) is 56.5 Å². The number of nitrogens with one attached hydrogen (secondary N) is 1. The monoisotopic (exact) mass is 259 g/mol. The molecule has 0 aliphatic rings. The second-order valence-electron chi connectivity index (χ2n) is 6.03. The van der Waals surface area contributed by atoms with Crippen molar-refractivity contribution < 1.29 is 4.42 Å². The molecule has 2 aromatic rings. The van der Waals surface area contributed by atoms with E-state index in [2.05, 4.69) is 58.1 Å². The molecule has 1 heterocycles. The van der Waals surface area contributed by atoms with E-state index in [9.17, 15) is 0 Å². The first-order chi connectivity index (χ1) is 8.95. The summed E-state index contributed by atoms with van der Waals surface area (Å²) >= 11 is 0. The van der Waals surface area contributed by atoms with Crippen LogP contribution in [0.25, 0.3) is 11.0 Å². The average Bonchev–Trinajstić information content (AvgIpc) is 2.74. The molecule has 0 saturated carbocycles. The Bertz CT molecular complexity index is 566. The highest BCUT2D eigenvalue weighted by molar-refractivity contribution is 5.85. The van der Waals surface area contributed by atoms with Crippen LogP contribution in [0.15, 0.2) is 22.6 Å². The first-order valence-electron chi connectivity index (χ1n) is 7.16. The van der Waals surface area contributed by atoms with Gasteiger partial charge in [-0.2, -0.15) is 0 Å². The number of aryl methyl sites for hydroxylation is 1. The Hall–Kier alpha value is -1.28. The normalized spacial score (nSPS) is 13.7. The zero-order valence-electron chi connectivity index (χ0n) is 12.9. The molecule has 1 aromatic carbocycles. The van der Waals surface area contributed by atoms with Crippen molar-refractivity contribution in [2.24, 2.45) is 5.92 Å². The van der Waals surface area contributed by atoms with Gasteiger partial charge in [-0.25, -0.2) is 0 Å². The van der Waals surface area contributed by atoms with Crippen LogP contribution in [-0.2, 0) is 0 Å². The van der Waals surface area contributed by atoms with Crippen LogP contribution in [0, 0.1) is 12.8 Å². The van der Waals surface area contributed by atoms with Gasteiger partial charge in [0.1, 0.15) is 11.3 Å². The van der Waals surface area contributed by atoms with Gasteiger partial charge in [-0.3, -0.25) is 0 Å². The van der Waals surface area contributed by atoms with Gasteiger partial charge in [0.05, 0.1) is 6.04 Å². The van der Waals surface area contributed by atoms with E-state index in [1.54, 1.807) is 0 Å². The van der Waals surface area contributed by atoms with Crippen molar-refractivity contribution in [1.29, 1.82) is 0 Å². The Morgan fingerprint density at radius 1 is 1.11 bits per heavy atom. The molecule has 104 valence electrons. The Balaban J connectivity index is 2.61. The van der Waals surface area contributed by atoms with E-state index in [1.807, 2.05) is 7.05 Å². The van der Waals surface area contributed by atoms with Gasteiger partial charge in [0.2, 0.25) is 0 Å². The molecule has 2 nitrogen and oxygen atoms in total. The number of hydrogen-bond acceptors (Lipinski definition) is 2. The van der Waals surface area contributed by atoms with Crippen LogP contribution < -0.4 is 5.32 Å². The fourth-order valence-electron chi connectivity index (χ4n) is 2.76. The van der Waals surface area contributed by atoms with E-state index < -0.39 is 0 Å². The second-order valence-corrected chi connectivity index (χ2v) is 6.03. The predicted molar refractivity (Wildman–Crippen MR) is 81.7 cm³/mol. The summed E-state index contributed by atoms with van der Waals surface area (Å²) in [5.41, 5.74) is 3.63. The molecule has 1 unspecified atom stereocenters. The Morgan fingerprint density at radius 3 is 2.32 bits per heavy atom. The summed E-state index contributed by atoms with van der Waals surface area (Å²) in [4.78, 5) is 0. The second kappa shape index (κ2) is 5.38. The minimum atomic E-state index is 0.270. The van der Waals surface area contributed by atoms with E-state index in [0.717, 1.165) is 11.3 Å². The van der Waals surface area contributed by atoms with Crippen LogP contribution in [0.3, 0.4) is 0 Å². The molecule has 0 aliphatic carbocycles. The molecular weight excluding hydrogens is 234 g/mol. The Labute approximate surface area is 116 Å². The molecule has 0 amide bonds. The summed E-state index contributed by atoms with van der Waals surface area (Å²) in [6.07, 6.45) is 0. The van der Waals surface area contributed by atoms with Crippen molar-refractivity contribution >= 4 is 11.0 Å². The van der Waals surface area contributed by atoms with Crippen LogP contribution >= 0.6 is 0 Å².